The van der Waals surface area contributed by atoms with Gasteiger partial charge in [0.1, 0.15) is 10.8 Å². The van der Waals surface area contributed by atoms with Crippen LogP contribution in [0.15, 0.2) is 33.9 Å². The van der Waals surface area contributed by atoms with E-state index < -0.39 is 11.6 Å². The molecule has 0 aliphatic carbocycles. The van der Waals surface area contributed by atoms with Gasteiger partial charge in [0.05, 0.1) is 12.0 Å². The Morgan fingerprint density at radius 1 is 1.37 bits per heavy atom. The van der Waals surface area contributed by atoms with Gasteiger partial charge in [-0.15, -0.1) is 0 Å². The van der Waals surface area contributed by atoms with Crippen molar-refractivity contribution in [3.05, 3.63) is 41.9 Å². The summed E-state index contributed by atoms with van der Waals surface area (Å²) in [5, 5.41) is 3.00. The second-order valence-electron chi connectivity index (χ2n) is 3.90. The van der Waals surface area contributed by atoms with E-state index in [0.29, 0.717) is 12.3 Å². The van der Waals surface area contributed by atoms with Crippen molar-refractivity contribution in [3.63, 3.8) is 0 Å². The molecule has 0 saturated heterocycles. The molecule has 0 atom stereocenters. The lowest BCUT2D eigenvalue weighted by molar-refractivity contribution is 0.529. The molecular formula is C13H14F2N2OS. The van der Waals surface area contributed by atoms with Gasteiger partial charge in [-0.2, -0.15) is 0 Å². The smallest absolute Gasteiger partial charge is 0.168 e. The number of hydrogen-bond acceptors (Lipinski definition) is 4. The van der Waals surface area contributed by atoms with Crippen LogP contribution in [0.4, 0.5) is 14.6 Å². The Kier molecular flexibility index (Phi) is 4.79. The maximum atomic E-state index is 13.6. The maximum absolute atomic E-state index is 13.6. The third-order valence-corrected chi connectivity index (χ3v) is 3.36. The Morgan fingerprint density at radius 3 is 2.89 bits per heavy atom. The SMILES string of the molecule is CCCNc1nc(SCc2ccco2)c(F)cc1F. The fourth-order valence-electron chi connectivity index (χ4n) is 1.45. The predicted molar refractivity (Wildman–Crippen MR) is 71.2 cm³/mol. The summed E-state index contributed by atoms with van der Waals surface area (Å²) < 4.78 is 32.2. The Bertz CT molecular complexity index is 532. The van der Waals surface area contributed by atoms with Crippen LogP contribution in [0.25, 0.3) is 0 Å². The summed E-state index contributed by atoms with van der Waals surface area (Å²) in [4.78, 5) is 3.97. The first kappa shape index (κ1) is 13.9. The molecule has 0 saturated carbocycles. The fourth-order valence-corrected chi connectivity index (χ4v) is 2.25. The molecule has 0 aliphatic heterocycles. The number of nitrogens with zero attached hydrogens (tertiary/aromatic N) is 1. The average Bonchev–Trinajstić information content (AvgIpc) is 2.90. The quantitative estimate of drug-likeness (QED) is 0.812. The molecule has 2 rings (SSSR count). The Labute approximate surface area is 114 Å². The van der Waals surface area contributed by atoms with Crippen molar-refractivity contribution in [2.24, 2.45) is 0 Å². The monoisotopic (exact) mass is 284 g/mol. The molecule has 102 valence electrons. The minimum atomic E-state index is -0.673. The maximum Gasteiger partial charge on any atom is 0.168 e. The molecular weight excluding hydrogens is 270 g/mol. The van der Waals surface area contributed by atoms with Gasteiger partial charge in [-0.05, 0) is 18.6 Å². The number of rotatable bonds is 6. The molecule has 2 aromatic rings. The van der Waals surface area contributed by atoms with Crippen LogP contribution in [0, 0.1) is 11.6 Å². The second-order valence-corrected chi connectivity index (χ2v) is 4.86. The Morgan fingerprint density at radius 2 is 2.21 bits per heavy atom. The summed E-state index contributed by atoms with van der Waals surface area (Å²) >= 11 is 1.17. The standard InChI is InChI=1S/C13H14F2N2OS/c1-2-5-16-12-10(14)7-11(15)13(17-12)19-8-9-4-3-6-18-9/h3-4,6-7H,2,5,8H2,1H3,(H,16,17). The van der Waals surface area contributed by atoms with Gasteiger partial charge in [0.15, 0.2) is 17.5 Å². The van der Waals surface area contributed by atoms with E-state index in [-0.39, 0.29) is 10.8 Å². The highest BCUT2D eigenvalue weighted by Gasteiger charge is 2.12. The largest absolute Gasteiger partial charge is 0.468 e. The van der Waals surface area contributed by atoms with Crippen molar-refractivity contribution in [1.29, 1.82) is 0 Å². The molecule has 0 aromatic carbocycles. The van der Waals surface area contributed by atoms with E-state index in [1.807, 2.05) is 6.92 Å². The third kappa shape index (κ3) is 3.70. The van der Waals surface area contributed by atoms with Gasteiger partial charge in [-0.1, -0.05) is 18.7 Å². The van der Waals surface area contributed by atoms with Gasteiger partial charge >= 0.3 is 0 Å². The van der Waals surface area contributed by atoms with Crippen molar-refractivity contribution in [3.8, 4) is 0 Å². The van der Waals surface area contributed by atoms with Crippen LogP contribution < -0.4 is 5.32 Å². The van der Waals surface area contributed by atoms with E-state index >= 15 is 0 Å². The highest BCUT2D eigenvalue weighted by molar-refractivity contribution is 7.98. The first-order valence-electron chi connectivity index (χ1n) is 5.95. The molecule has 0 radical (unpaired) electrons. The lowest BCUT2D eigenvalue weighted by Gasteiger charge is -2.08. The zero-order chi connectivity index (χ0) is 13.7. The van der Waals surface area contributed by atoms with E-state index in [4.69, 9.17) is 4.42 Å². The van der Waals surface area contributed by atoms with Crippen LogP contribution in [0.2, 0.25) is 0 Å². The summed E-state index contributed by atoms with van der Waals surface area (Å²) in [5.74, 6) is -0.0661. The summed E-state index contributed by atoms with van der Waals surface area (Å²) in [7, 11) is 0. The number of furan rings is 1. The van der Waals surface area contributed by atoms with Crippen LogP contribution in [0.3, 0.4) is 0 Å². The van der Waals surface area contributed by atoms with Gasteiger partial charge in [-0.25, -0.2) is 13.8 Å². The summed E-state index contributed by atoms with van der Waals surface area (Å²) in [6.45, 7) is 2.55. The number of aromatic nitrogens is 1. The average molecular weight is 284 g/mol. The zero-order valence-corrected chi connectivity index (χ0v) is 11.3. The number of thioether (sulfide) groups is 1. The van der Waals surface area contributed by atoms with Gasteiger partial charge in [-0.3, -0.25) is 0 Å². The first-order valence-corrected chi connectivity index (χ1v) is 6.94. The minimum Gasteiger partial charge on any atom is -0.468 e. The molecule has 2 heterocycles. The molecule has 3 nitrogen and oxygen atoms in total. The molecule has 19 heavy (non-hydrogen) atoms. The highest BCUT2D eigenvalue weighted by atomic mass is 32.2. The molecule has 0 aliphatic rings. The minimum absolute atomic E-state index is 0.0881. The number of nitrogens with one attached hydrogen (secondary N) is 1. The Hall–Kier alpha value is -1.56. The van der Waals surface area contributed by atoms with E-state index in [0.717, 1.165) is 18.2 Å². The fraction of sp³-hybridized carbons (Fsp3) is 0.308. The van der Waals surface area contributed by atoms with Crippen molar-refractivity contribution in [1.82, 2.24) is 4.98 Å². The van der Waals surface area contributed by atoms with Crippen molar-refractivity contribution in [2.45, 2.75) is 24.1 Å². The van der Waals surface area contributed by atoms with Crippen LogP contribution in [-0.2, 0) is 5.75 Å². The van der Waals surface area contributed by atoms with Gasteiger partial charge in [0.25, 0.3) is 0 Å². The normalized spacial score (nSPS) is 10.7. The van der Waals surface area contributed by atoms with E-state index in [1.54, 1.807) is 18.4 Å². The number of halogens is 2. The van der Waals surface area contributed by atoms with Crippen molar-refractivity contribution < 1.29 is 13.2 Å². The third-order valence-electron chi connectivity index (χ3n) is 2.37. The van der Waals surface area contributed by atoms with Crippen LogP contribution >= 0.6 is 11.8 Å². The second kappa shape index (κ2) is 6.56. The van der Waals surface area contributed by atoms with Gasteiger partial charge in [0, 0.05) is 12.6 Å². The summed E-state index contributed by atoms with van der Waals surface area (Å²) in [5.41, 5.74) is 0. The number of hydrogen-bond donors (Lipinski definition) is 1. The lowest BCUT2D eigenvalue weighted by atomic mass is 10.4. The predicted octanol–water partition coefficient (Wildman–Crippen LogP) is 4.07. The zero-order valence-electron chi connectivity index (χ0n) is 10.5. The van der Waals surface area contributed by atoms with E-state index in [1.165, 1.54) is 11.8 Å². The van der Waals surface area contributed by atoms with E-state index in [2.05, 4.69) is 10.3 Å². The molecule has 0 spiro atoms. The van der Waals surface area contributed by atoms with Gasteiger partial charge < -0.3 is 9.73 Å². The Balaban J connectivity index is 2.10. The molecule has 0 amide bonds. The van der Waals surface area contributed by atoms with Crippen LogP contribution in [-0.4, -0.2) is 11.5 Å². The number of anilines is 1. The topological polar surface area (TPSA) is 38.1 Å². The van der Waals surface area contributed by atoms with Crippen LogP contribution in [0.5, 0.6) is 0 Å². The highest BCUT2D eigenvalue weighted by Crippen LogP contribution is 2.26. The van der Waals surface area contributed by atoms with E-state index in [9.17, 15) is 8.78 Å². The first-order chi connectivity index (χ1) is 9.20. The number of pyridine rings is 1. The molecule has 0 fully saturated rings. The molecule has 2 aromatic heterocycles. The van der Waals surface area contributed by atoms with Crippen molar-refractivity contribution >= 4 is 17.6 Å². The van der Waals surface area contributed by atoms with Gasteiger partial charge in [0.2, 0.25) is 0 Å². The summed E-state index contributed by atoms with van der Waals surface area (Å²) in [6, 6.07) is 4.42. The molecule has 0 bridgehead atoms. The molecule has 6 heteroatoms. The summed E-state index contributed by atoms with van der Waals surface area (Å²) in [6.07, 6.45) is 2.39. The molecule has 1 N–H and O–H groups in total. The van der Waals surface area contributed by atoms with Crippen LogP contribution in [0.1, 0.15) is 19.1 Å². The molecule has 0 unspecified atom stereocenters. The van der Waals surface area contributed by atoms with Crippen molar-refractivity contribution in [2.75, 3.05) is 11.9 Å². The lowest BCUT2D eigenvalue weighted by Crippen LogP contribution is -2.06.